The molecule has 1 rings (SSSR count). The van der Waals surface area contributed by atoms with Gasteiger partial charge in [0.25, 0.3) is 0 Å². The number of hydrogen-bond acceptors (Lipinski definition) is 2. The third-order valence-corrected chi connectivity index (χ3v) is 2.11. The summed E-state index contributed by atoms with van der Waals surface area (Å²) in [5, 5.41) is 2.78. The molecule has 0 aromatic carbocycles. The number of aromatic nitrogens is 1. The van der Waals surface area contributed by atoms with Crippen molar-refractivity contribution in [1.29, 1.82) is 0 Å². The minimum absolute atomic E-state index is 0.0155. The molecular weight excluding hydrogens is 241 g/mol. The first kappa shape index (κ1) is 13.1. The first-order valence-corrected chi connectivity index (χ1v) is 5.25. The number of nitrogens with one attached hydrogen (secondary N) is 1. The lowest BCUT2D eigenvalue weighted by atomic mass is 10.3. The number of anilines is 1. The van der Waals surface area contributed by atoms with Gasteiger partial charge >= 0.3 is 6.18 Å². The Morgan fingerprint density at radius 2 is 2.12 bits per heavy atom. The Labute approximate surface area is 96.8 Å². The minimum atomic E-state index is -4.41. The molecule has 1 atom stereocenters. The molecule has 0 aliphatic heterocycles. The molecule has 1 unspecified atom stereocenters. The van der Waals surface area contributed by atoms with Crippen molar-refractivity contribution in [3.63, 3.8) is 0 Å². The van der Waals surface area contributed by atoms with Gasteiger partial charge in [-0.05, 0) is 25.5 Å². The van der Waals surface area contributed by atoms with Gasteiger partial charge in [-0.1, -0.05) is 6.07 Å². The number of pyridine rings is 1. The number of nitrogens with zero attached hydrogens (tertiary/aromatic N) is 1. The SMILES string of the molecule is CC(Cl)CCNc1cccc(C(F)(F)F)n1. The molecule has 0 aliphatic carbocycles. The van der Waals surface area contributed by atoms with E-state index in [4.69, 9.17) is 11.6 Å². The summed E-state index contributed by atoms with van der Waals surface area (Å²) in [5.41, 5.74) is -0.892. The number of rotatable bonds is 4. The quantitative estimate of drug-likeness (QED) is 0.830. The number of alkyl halides is 4. The van der Waals surface area contributed by atoms with Gasteiger partial charge in [0.2, 0.25) is 0 Å². The zero-order valence-corrected chi connectivity index (χ0v) is 9.44. The zero-order chi connectivity index (χ0) is 12.2. The molecule has 16 heavy (non-hydrogen) atoms. The zero-order valence-electron chi connectivity index (χ0n) is 8.68. The van der Waals surface area contributed by atoms with Crippen LogP contribution in [0.25, 0.3) is 0 Å². The third-order valence-electron chi connectivity index (χ3n) is 1.89. The van der Waals surface area contributed by atoms with Crippen LogP contribution in [0.5, 0.6) is 0 Å². The van der Waals surface area contributed by atoms with Gasteiger partial charge in [-0.25, -0.2) is 4.98 Å². The molecular formula is C10H12ClF3N2. The highest BCUT2D eigenvalue weighted by Gasteiger charge is 2.32. The maximum Gasteiger partial charge on any atom is 0.433 e. The van der Waals surface area contributed by atoms with Crippen molar-refractivity contribution in [3.8, 4) is 0 Å². The van der Waals surface area contributed by atoms with E-state index in [1.807, 2.05) is 6.92 Å². The summed E-state index contributed by atoms with van der Waals surface area (Å²) >= 11 is 5.71. The normalized spacial score (nSPS) is 13.6. The standard InChI is InChI=1S/C10H12ClF3N2/c1-7(11)5-6-15-9-4-2-3-8(16-9)10(12,13)14/h2-4,7H,5-6H2,1H3,(H,15,16). The molecule has 0 saturated carbocycles. The van der Waals surface area contributed by atoms with Gasteiger partial charge in [-0.3, -0.25) is 0 Å². The second-order valence-corrected chi connectivity index (χ2v) is 4.15. The Kier molecular flexibility index (Phi) is 4.41. The Morgan fingerprint density at radius 3 is 2.69 bits per heavy atom. The Balaban J connectivity index is 2.61. The molecule has 0 fully saturated rings. The Bertz CT molecular complexity index is 339. The molecule has 6 heteroatoms. The van der Waals surface area contributed by atoms with E-state index in [9.17, 15) is 13.2 Å². The van der Waals surface area contributed by atoms with E-state index in [2.05, 4.69) is 10.3 Å². The summed E-state index contributed by atoms with van der Waals surface area (Å²) in [7, 11) is 0. The topological polar surface area (TPSA) is 24.9 Å². The second kappa shape index (κ2) is 5.39. The lowest BCUT2D eigenvalue weighted by Crippen LogP contribution is -2.11. The van der Waals surface area contributed by atoms with E-state index in [0.717, 1.165) is 6.07 Å². The van der Waals surface area contributed by atoms with E-state index < -0.39 is 11.9 Å². The third kappa shape index (κ3) is 4.26. The molecule has 0 spiro atoms. The van der Waals surface area contributed by atoms with Gasteiger partial charge in [0.15, 0.2) is 0 Å². The van der Waals surface area contributed by atoms with Crippen molar-refractivity contribution in [2.24, 2.45) is 0 Å². The average molecular weight is 253 g/mol. The predicted octanol–water partition coefficient (Wildman–Crippen LogP) is 3.53. The summed E-state index contributed by atoms with van der Waals surface area (Å²) < 4.78 is 36.9. The van der Waals surface area contributed by atoms with E-state index in [0.29, 0.717) is 13.0 Å². The fourth-order valence-electron chi connectivity index (χ4n) is 1.09. The van der Waals surface area contributed by atoms with Gasteiger partial charge in [-0.2, -0.15) is 13.2 Å². The predicted molar refractivity (Wildman–Crippen MR) is 57.7 cm³/mol. The first-order chi connectivity index (χ1) is 7.39. The van der Waals surface area contributed by atoms with E-state index in [1.54, 1.807) is 0 Å². The first-order valence-electron chi connectivity index (χ1n) is 4.82. The van der Waals surface area contributed by atoms with Crippen molar-refractivity contribution >= 4 is 17.4 Å². The molecule has 0 saturated heterocycles. The molecule has 0 amide bonds. The van der Waals surface area contributed by atoms with E-state index in [-0.39, 0.29) is 11.2 Å². The molecule has 0 radical (unpaired) electrons. The van der Waals surface area contributed by atoms with Gasteiger partial charge in [0.1, 0.15) is 11.5 Å². The van der Waals surface area contributed by atoms with Crippen molar-refractivity contribution in [3.05, 3.63) is 23.9 Å². The van der Waals surface area contributed by atoms with Crippen LogP contribution in [0.15, 0.2) is 18.2 Å². The number of hydrogen-bond donors (Lipinski definition) is 1. The highest BCUT2D eigenvalue weighted by atomic mass is 35.5. The molecule has 90 valence electrons. The highest BCUT2D eigenvalue weighted by molar-refractivity contribution is 6.20. The fraction of sp³-hybridized carbons (Fsp3) is 0.500. The number of halogens is 4. The summed E-state index contributed by atoms with van der Waals surface area (Å²) in [6, 6.07) is 3.76. The molecule has 1 aromatic rings. The highest BCUT2D eigenvalue weighted by Crippen LogP contribution is 2.28. The molecule has 2 nitrogen and oxygen atoms in total. The van der Waals surface area contributed by atoms with E-state index >= 15 is 0 Å². The van der Waals surface area contributed by atoms with Crippen LogP contribution in [0, 0.1) is 0 Å². The minimum Gasteiger partial charge on any atom is -0.370 e. The maximum absolute atomic E-state index is 12.3. The Hall–Kier alpha value is -0.970. The van der Waals surface area contributed by atoms with Gasteiger partial charge in [-0.15, -0.1) is 11.6 Å². The molecule has 1 aromatic heterocycles. The van der Waals surface area contributed by atoms with Crippen LogP contribution in [-0.2, 0) is 6.18 Å². The maximum atomic E-state index is 12.3. The van der Waals surface area contributed by atoms with Crippen molar-refractivity contribution in [1.82, 2.24) is 4.98 Å². The largest absolute Gasteiger partial charge is 0.433 e. The molecule has 0 bridgehead atoms. The van der Waals surface area contributed by atoms with Crippen LogP contribution in [-0.4, -0.2) is 16.9 Å². The van der Waals surface area contributed by atoms with Crippen LogP contribution in [0.3, 0.4) is 0 Å². The summed E-state index contributed by atoms with van der Waals surface area (Å²) in [5.74, 6) is 0.215. The fourth-order valence-corrected chi connectivity index (χ4v) is 1.20. The van der Waals surface area contributed by atoms with Gasteiger partial charge < -0.3 is 5.32 Å². The lowest BCUT2D eigenvalue weighted by Gasteiger charge is -2.09. The Morgan fingerprint density at radius 1 is 1.44 bits per heavy atom. The smallest absolute Gasteiger partial charge is 0.370 e. The van der Waals surface area contributed by atoms with Crippen LogP contribution >= 0.6 is 11.6 Å². The van der Waals surface area contributed by atoms with E-state index in [1.165, 1.54) is 12.1 Å². The lowest BCUT2D eigenvalue weighted by molar-refractivity contribution is -0.141. The summed E-state index contributed by atoms with van der Waals surface area (Å²) in [4.78, 5) is 3.46. The van der Waals surface area contributed by atoms with Crippen LogP contribution in [0.2, 0.25) is 0 Å². The van der Waals surface area contributed by atoms with Crippen molar-refractivity contribution < 1.29 is 13.2 Å². The van der Waals surface area contributed by atoms with Crippen LogP contribution < -0.4 is 5.32 Å². The van der Waals surface area contributed by atoms with Gasteiger partial charge in [0.05, 0.1) is 0 Å². The van der Waals surface area contributed by atoms with Crippen LogP contribution in [0.4, 0.5) is 19.0 Å². The molecule has 1 N–H and O–H groups in total. The van der Waals surface area contributed by atoms with Crippen molar-refractivity contribution in [2.75, 3.05) is 11.9 Å². The van der Waals surface area contributed by atoms with Gasteiger partial charge in [0, 0.05) is 11.9 Å². The molecule has 1 heterocycles. The summed E-state index contributed by atoms with van der Waals surface area (Å²) in [6.45, 7) is 2.32. The monoisotopic (exact) mass is 252 g/mol. The summed E-state index contributed by atoms with van der Waals surface area (Å²) in [6.07, 6.45) is -3.74. The molecule has 0 aliphatic rings. The van der Waals surface area contributed by atoms with Crippen molar-refractivity contribution in [2.45, 2.75) is 24.9 Å². The second-order valence-electron chi connectivity index (χ2n) is 3.40. The average Bonchev–Trinajstić information content (AvgIpc) is 2.16. The van der Waals surface area contributed by atoms with Crippen LogP contribution in [0.1, 0.15) is 19.0 Å².